The summed E-state index contributed by atoms with van der Waals surface area (Å²) in [5.41, 5.74) is 2.99. The Labute approximate surface area is 148 Å². The number of nitriles is 1. The molecule has 0 saturated carbocycles. The van der Waals surface area contributed by atoms with Crippen LogP contribution in [0.2, 0.25) is 5.02 Å². The maximum absolute atomic E-state index is 12.1. The van der Waals surface area contributed by atoms with Gasteiger partial charge in [-0.25, -0.2) is 4.98 Å². The minimum absolute atomic E-state index is 0.130. The molecule has 0 saturated heterocycles. The lowest BCUT2D eigenvalue weighted by Crippen LogP contribution is -2.14. The number of fused-ring (bicyclic) bond motifs is 1. The van der Waals surface area contributed by atoms with Crippen LogP contribution in [0.4, 0.5) is 5.69 Å². The van der Waals surface area contributed by atoms with Gasteiger partial charge in [0.2, 0.25) is 5.91 Å². The molecule has 2 aromatic carbocycles. The van der Waals surface area contributed by atoms with E-state index in [0.29, 0.717) is 16.3 Å². The number of benzene rings is 2. The van der Waals surface area contributed by atoms with Crippen molar-refractivity contribution in [3.05, 3.63) is 53.1 Å². The normalized spacial score (nSPS) is 10.5. The Morgan fingerprint density at radius 2 is 2.08 bits per heavy atom. The molecule has 0 bridgehead atoms. The summed E-state index contributed by atoms with van der Waals surface area (Å²) in [7, 11) is 1.91. The zero-order chi connectivity index (χ0) is 17.1. The van der Waals surface area contributed by atoms with Crippen LogP contribution in [0.25, 0.3) is 11.0 Å². The Kier molecular flexibility index (Phi) is 4.74. The topological polar surface area (TPSA) is 70.7 Å². The maximum atomic E-state index is 12.1. The zero-order valence-electron chi connectivity index (χ0n) is 12.8. The van der Waals surface area contributed by atoms with Gasteiger partial charge in [0.05, 0.1) is 28.4 Å². The summed E-state index contributed by atoms with van der Waals surface area (Å²) >= 11 is 7.34. The molecule has 0 aliphatic heterocycles. The lowest BCUT2D eigenvalue weighted by atomic mass is 10.2. The number of carbonyl (C=O) groups is 1. The molecule has 24 heavy (non-hydrogen) atoms. The first-order valence-corrected chi connectivity index (χ1v) is 8.48. The number of amides is 1. The van der Waals surface area contributed by atoms with E-state index in [1.165, 1.54) is 11.8 Å². The fraction of sp³-hybridized carbons (Fsp3) is 0.118. The van der Waals surface area contributed by atoms with Crippen molar-refractivity contribution in [1.29, 1.82) is 5.26 Å². The molecule has 3 rings (SSSR count). The summed E-state index contributed by atoms with van der Waals surface area (Å²) in [4.78, 5) is 16.6. The van der Waals surface area contributed by atoms with E-state index in [0.717, 1.165) is 16.2 Å². The van der Waals surface area contributed by atoms with Crippen LogP contribution in [0.1, 0.15) is 5.56 Å². The van der Waals surface area contributed by atoms with Crippen LogP contribution in [0, 0.1) is 11.3 Å². The van der Waals surface area contributed by atoms with Gasteiger partial charge in [0, 0.05) is 17.8 Å². The molecule has 0 aliphatic carbocycles. The van der Waals surface area contributed by atoms with Gasteiger partial charge >= 0.3 is 0 Å². The predicted octanol–water partition coefficient (Wildman–Crippen LogP) is 3.83. The number of nitrogens with one attached hydrogen (secondary N) is 1. The average Bonchev–Trinajstić information content (AvgIpc) is 2.89. The van der Waals surface area contributed by atoms with Gasteiger partial charge in [-0.15, -0.1) is 0 Å². The predicted molar refractivity (Wildman–Crippen MR) is 96.2 cm³/mol. The first kappa shape index (κ1) is 16.4. The van der Waals surface area contributed by atoms with Crippen molar-refractivity contribution >= 4 is 46.0 Å². The van der Waals surface area contributed by atoms with Crippen LogP contribution >= 0.6 is 23.4 Å². The quantitative estimate of drug-likeness (QED) is 0.721. The van der Waals surface area contributed by atoms with E-state index >= 15 is 0 Å². The van der Waals surface area contributed by atoms with Crippen molar-refractivity contribution in [2.75, 3.05) is 11.1 Å². The Morgan fingerprint density at radius 1 is 1.33 bits per heavy atom. The van der Waals surface area contributed by atoms with E-state index < -0.39 is 0 Å². The zero-order valence-corrected chi connectivity index (χ0v) is 14.4. The highest BCUT2D eigenvalue weighted by molar-refractivity contribution is 7.99. The van der Waals surface area contributed by atoms with Crippen molar-refractivity contribution in [3.63, 3.8) is 0 Å². The van der Waals surface area contributed by atoms with Crippen LogP contribution in [0.15, 0.2) is 47.6 Å². The summed E-state index contributed by atoms with van der Waals surface area (Å²) in [5.74, 6) is 0.111. The van der Waals surface area contributed by atoms with Crippen LogP contribution in [-0.2, 0) is 11.8 Å². The lowest BCUT2D eigenvalue weighted by Gasteiger charge is -2.05. The van der Waals surface area contributed by atoms with Crippen molar-refractivity contribution in [3.8, 4) is 6.07 Å². The molecule has 0 unspecified atom stereocenters. The van der Waals surface area contributed by atoms with Gasteiger partial charge in [0.15, 0.2) is 5.16 Å². The Morgan fingerprint density at radius 3 is 2.79 bits per heavy atom. The Hall–Kier alpha value is -2.49. The summed E-state index contributed by atoms with van der Waals surface area (Å²) in [5, 5.41) is 13.0. The molecule has 5 nitrogen and oxygen atoms in total. The van der Waals surface area contributed by atoms with Gasteiger partial charge in [-0.3, -0.25) is 4.79 Å². The second-order valence-corrected chi connectivity index (χ2v) is 6.49. The molecule has 0 radical (unpaired) electrons. The monoisotopic (exact) mass is 356 g/mol. The molecule has 120 valence electrons. The molecular formula is C17H13ClN4OS. The first-order valence-electron chi connectivity index (χ1n) is 7.11. The summed E-state index contributed by atoms with van der Waals surface area (Å²) < 4.78 is 1.94. The number of hydrogen-bond donors (Lipinski definition) is 1. The molecule has 1 aromatic heterocycles. The Bertz CT molecular complexity index is 944. The number of aryl methyl sites for hydroxylation is 1. The smallest absolute Gasteiger partial charge is 0.234 e. The summed E-state index contributed by atoms with van der Waals surface area (Å²) in [6, 6.07) is 14.3. The van der Waals surface area contributed by atoms with E-state index in [-0.39, 0.29) is 11.7 Å². The molecule has 1 amide bonds. The molecule has 0 spiro atoms. The molecule has 3 aromatic rings. The SMILES string of the molecule is Cn1c(SCC(=O)Nc2ccc(C#N)cc2)nc2cc(Cl)ccc21. The highest BCUT2D eigenvalue weighted by Gasteiger charge is 2.11. The largest absolute Gasteiger partial charge is 0.325 e. The minimum atomic E-state index is -0.130. The van der Waals surface area contributed by atoms with Crippen LogP contribution in [0.5, 0.6) is 0 Å². The summed E-state index contributed by atoms with van der Waals surface area (Å²) in [6.45, 7) is 0. The fourth-order valence-corrected chi connectivity index (χ4v) is 3.19. The number of halogens is 1. The molecule has 1 N–H and O–H groups in total. The molecule has 0 fully saturated rings. The molecular weight excluding hydrogens is 344 g/mol. The third-order valence-electron chi connectivity index (χ3n) is 3.43. The van der Waals surface area contributed by atoms with Gasteiger partial charge in [0.25, 0.3) is 0 Å². The first-order chi connectivity index (χ1) is 11.6. The highest BCUT2D eigenvalue weighted by Crippen LogP contribution is 2.25. The number of rotatable bonds is 4. The fourth-order valence-electron chi connectivity index (χ4n) is 2.24. The van der Waals surface area contributed by atoms with Crippen LogP contribution in [0.3, 0.4) is 0 Å². The highest BCUT2D eigenvalue weighted by atomic mass is 35.5. The van der Waals surface area contributed by atoms with E-state index in [9.17, 15) is 4.79 Å². The van der Waals surface area contributed by atoms with E-state index in [1.54, 1.807) is 30.3 Å². The molecule has 1 heterocycles. The van der Waals surface area contributed by atoms with Gasteiger partial charge in [-0.05, 0) is 42.5 Å². The number of thioether (sulfide) groups is 1. The van der Waals surface area contributed by atoms with Gasteiger partial charge in [-0.1, -0.05) is 23.4 Å². The second-order valence-electron chi connectivity index (χ2n) is 5.11. The number of anilines is 1. The standard InChI is InChI=1S/C17H13ClN4OS/c1-22-15-7-4-12(18)8-14(15)21-17(22)24-10-16(23)20-13-5-2-11(9-19)3-6-13/h2-8H,10H2,1H3,(H,20,23). The van der Waals surface area contributed by atoms with E-state index in [2.05, 4.69) is 10.3 Å². The average molecular weight is 357 g/mol. The number of carbonyl (C=O) groups excluding carboxylic acids is 1. The third kappa shape index (κ3) is 3.53. The van der Waals surface area contributed by atoms with Crippen molar-refractivity contribution in [2.45, 2.75) is 5.16 Å². The number of hydrogen-bond acceptors (Lipinski definition) is 4. The number of aromatic nitrogens is 2. The maximum Gasteiger partial charge on any atom is 0.234 e. The number of imidazole rings is 1. The second kappa shape index (κ2) is 6.95. The van der Waals surface area contributed by atoms with Gasteiger partial charge < -0.3 is 9.88 Å². The van der Waals surface area contributed by atoms with Crippen molar-refractivity contribution < 1.29 is 4.79 Å². The van der Waals surface area contributed by atoms with Crippen LogP contribution in [-0.4, -0.2) is 21.2 Å². The van der Waals surface area contributed by atoms with E-state index in [1.807, 2.05) is 29.8 Å². The molecule has 0 atom stereocenters. The third-order valence-corrected chi connectivity index (χ3v) is 4.70. The molecule has 0 aliphatic rings. The molecule has 7 heteroatoms. The van der Waals surface area contributed by atoms with Gasteiger partial charge in [0.1, 0.15) is 0 Å². The lowest BCUT2D eigenvalue weighted by molar-refractivity contribution is -0.113. The van der Waals surface area contributed by atoms with Crippen molar-refractivity contribution in [1.82, 2.24) is 9.55 Å². The number of nitrogens with zero attached hydrogens (tertiary/aromatic N) is 3. The van der Waals surface area contributed by atoms with Gasteiger partial charge in [-0.2, -0.15) is 5.26 Å². The summed E-state index contributed by atoms with van der Waals surface area (Å²) in [6.07, 6.45) is 0. The van der Waals surface area contributed by atoms with E-state index in [4.69, 9.17) is 16.9 Å². The van der Waals surface area contributed by atoms with Crippen molar-refractivity contribution in [2.24, 2.45) is 7.05 Å². The van der Waals surface area contributed by atoms with Crippen LogP contribution < -0.4 is 5.32 Å². The minimum Gasteiger partial charge on any atom is -0.325 e. The Balaban J connectivity index is 1.65.